The first kappa shape index (κ1) is 37.8. The molecule has 0 bridgehead atoms. The Morgan fingerprint density at radius 3 is 1.40 bits per heavy atom. The summed E-state index contributed by atoms with van der Waals surface area (Å²) >= 11 is 1.61. The molecule has 0 aliphatic carbocycles. The number of ether oxygens (including phenoxy) is 4. The number of methoxy groups -OCH3 is 2. The van der Waals surface area contributed by atoms with Gasteiger partial charge in [-0.2, -0.15) is 0 Å². The van der Waals surface area contributed by atoms with Crippen LogP contribution in [0.4, 0.5) is 0 Å². The fourth-order valence-corrected chi connectivity index (χ4v) is 5.23. The minimum absolute atomic E-state index is 0.0273. The monoisotopic (exact) mass is 694 g/mol. The average Bonchev–Trinajstić information content (AvgIpc) is 3.01. The van der Waals surface area contributed by atoms with Gasteiger partial charge in [-0.25, -0.2) is 8.42 Å². The van der Waals surface area contributed by atoms with Gasteiger partial charge in [0.25, 0.3) is 0 Å². The minimum Gasteiger partial charge on any atom is -0.493 e. The number of benzene rings is 2. The van der Waals surface area contributed by atoms with Gasteiger partial charge in [-0.05, 0) is 81.5 Å². The van der Waals surface area contributed by atoms with E-state index in [9.17, 15) is 18.0 Å². The summed E-state index contributed by atoms with van der Waals surface area (Å²) in [7, 11) is -0.140. The van der Waals surface area contributed by atoms with Crippen molar-refractivity contribution >= 4 is 46.2 Å². The van der Waals surface area contributed by atoms with Crippen LogP contribution in [0.3, 0.4) is 0 Å². The molecule has 4 rings (SSSR count). The van der Waals surface area contributed by atoms with Crippen LogP contribution in [0.2, 0.25) is 0 Å². The molecule has 0 saturated carbocycles. The second-order valence-corrected chi connectivity index (χ2v) is 13.8. The molecule has 48 heavy (non-hydrogen) atoms. The maximum atomic E-state index is 11.5. The normalized spacial score (nSPS) is 11.3. The molecule has 256 valence electrons. The Kier molecular flexibility index (Phi) is 13.7. The zero-order valence-electron chi connectivity index (χ0n) is 28.5. The lowest BCUT2D eigenvalue weighted by molar-refractivity contribution is 0.337. The van der Waals surface area contributed by atoms with Crippen molar-refractivity contribution < 1.29 is 27.4 Å². The second-order valence-electron chi connectivity index (χ2n) is 10.9. The maximum absolute atomic E-state index is 11.5. The first-order valence-electron chi connectivity index (χ1n) is 14.8. The molecular weight excluding hydrogens is 653 g/mol. The van der Waals surface area contributed by atoms with Crippen LogP contribution in [0.5, 0.6) is 23.0 Å². The lowest BCUT2D eigenvalue weighted by atomic mass is 10.2. The van der Waals surface area contributed by atoms with Gasteiger partial charge >= 0.3 is 0 Å². The number of pyridine rings is 2. The van der Waals surface area contributed by atoms with Crippen LogP contribution in [0, 0.1) is 27.7 Å². The van der Waals surface area contributed by atoms with Crippen LogP contribution < -0.4 is 29.8 Å². The number of nitrogens with zero attached hydrogens (tertiary/aromatic N) is 2. The number of hydrogen-bond acceptors (Lipinski definition) is 9. The van der Waals surface area contributed by atoms with Crippen LogP contribution >= 0.6 is 11.8 Å². The van der Waals surface area contributed by atoms with Gasteiger partial charge in [0.1, 0.15) is 5.94 Å². The summed E-state index contributed by atoms with van der Waals surface area (Å²) in [5.74, 6) is 2.39. The van der Waals surface area contributed by atoms with Crippen LogP contribution in [0.15, 0.2) is 70.3 Å². The molecule has 0 amide bonds. The zero-order valence-corrected chi connectivity index (χ0v) is 30.1. The van der Waals surface area contributed by atoms with Crippen LogP contribution in [0.1, 0.15) is 33.9 Å². The highest BCUT2D eigenvalue weighted by atomic mass is 32.2. The van der Waals surface area contributed by atoms with Crippen LogP contribution in [-0.2, 0) is 9.84 Å². The molecule has 0 aliphatic heterocycles. The molecule has 0 spiro atoms. The Morgan fingerprint density at radius 2 is 1.04 bits per heavy atom. The predicted octanol–water partition coefficient (Wildman–Crippen LogP) is 6.28. The van der Waals surface area contributed by atoms with Crippen molar-refractivity contribution in [2.75, 3.05) is 38.6 Å². The van der Waals surface area contributed by atoms with Gasteiger partial charge in [0.05, 0.1) is 14.2 Å². The molecule has 0 atom stereocenters. The predicted molar refractivity (Wildman–Crippen MR) is 196 cm³/mol. The third-order valence-corrected chi connectivity index (χ3v) is 7.79. The molecule has 2 aromatic heterocycles. The van der Waals surface area contributed by atoms with Crippen molar-refractivity contribution in [1.29, 1.82) is 0 Å². The van der Waals surface area contributed by atoms with Crippen molar-refractivity contribution in [3.63, 3.8) is 0 Å². The van der Waals surface area contributed by atoms with E-state index in [4.69, 9.17) is 18.9 Å². The molecule has 0 saturated heterocycles. The van der Waals surface area contributed by atoms with E-state index in [1.165, 1.54) is 7.11 Å². The Labute approximate surface area is 286 Å². The highest BCUT2D eigenvalue weighted by molar-refractivity contribution is 7.98. The number of thioether (sulfide) groups is 1. The molecule has 0 unspecified atom stereocenters. The van der Waals surface area contributed by atoms with E-state index in [2.05, 4.69) is 0 Å². The third-order valence-electron chi connectivity index (χ3n) is 6.89. The molecule has 12 heteroatoms. The quantitative estimate of drug-likeness (QED) is 0.158. The lowest BCUT2D eigenvalue weighted by Gasteiger charge is -2.11. The molecule has 10 nitrogen and oxygen atoms in total. The summed E-state index contributed by atoms with van der Waals surface area (Å²) in [5, 5.41) is 0. The van der Waals surface area contributed by atoms with Gasteiger partial charge in [-0.15, -0.1) is 11.8 Å². The average molecular weight is 695 g/mol. The van der Waals surface area contributed by atoms with Crippen LogP contribution in [-0.4, -0.2) is 56.2 Å². The number of aryl methyl sites for hydroxylation is 4. The first-order chi connectivity index (χ1) is 22.7. The summed E-state index contributed by atoms with van der Waals surface area (Å²) < 4.78 is 48.0. The fraction of sp³-hybridized carbons (Fsp3) is 0.278. The van der Waals surface area contributed by atoms with Crippen molar-refractivity contribution in [1.82, 2.24) is 9.13 Å². The third kappa shape index (κ3) is 11.2. The molecule has 0 N–H and O–H groups in total. The van der Waals surface area contributed by atoms with E-state index >= 15 is 0 Å². The second kappa shape index (κ2) is 17.5. The van der Waals surface area contributed by atoms with Crippen LogP contribution in [0.25, 0.3) is 24.6 Å². The Balaban J connectivity index is 0.000000261. The number of hydrogen-bond donors (Lipinski definition) is 0. The summed E-state index contributed by atoms with van der Waals surface area (Å²) in [6, 6.07) is 17.4. The van der Waals surface area contributed by atoms with Crippen molar-refractivity contribution in [3.05, 3.63) is 115 Å². The molecular formula is C36H42N2O8S2. The zero-order chi connectivity index (χ0) is 35.4. The Hall–Kier alpha value is -4.68. The SMILES string of the molecule is COc1ccc(/C=C/n2c(C)cc(=O)cc2C)cc1OCS(C)(=O)=O.COc1ccc(/C=C/n2c(C)cc(=O)cc2C)cc1OCSC. The molecule has 2 aromatic carbocycles. The summed E-state index contributed by atoms with van der Waals surface area (Å²) in [6.45, 7) is 7.54. The Bertz CT molecular complexity index is 1960. The number of aromatic nitrogens is 2. The van der Waals surface area contributed by atoms with E-state index in [0.29, 0.717) is 23.2 Å². The van der Waals surface area contributed by atoms with E-state index in [1.54, 1.807) is 55.3 Å². The standard InChI is InChI=1S/C18H21NO5S.C18H21NO3S/c1-13-9-16(20)10-14(2)19(13)8-7-15-5-6-17(23-3)18(11-15)24-12-25(4,21)22;1-13-9-16(20)10-14(2)19(13)8-7-15-5-6-17(21-3)18(11-15)22-12-23-4/h5-11H,12H2,1-4H3;5-11H,12H2,1-4H3/b2*8-7+. The maximum Gasteiger partial charge on any atom is 0.189 e. The largest absolute Gasteiger partial charge is 0.493 e. The van der Waals surface area contributed by atoms with Crippen molar-refractivity contribution in [2.45, 2.75) is 27.7 Å². The first-order valence-corrected chi connectivity index (χ1v) is 18.2. The highest BCUT2D eigenvalue weighted by Crippen LogP contribution is 2.30. The van der Waals surface area contributed by atoms with Gasteiger partial charge in [0.2, 0.25) is 0 Å². The molecule has 0 radical (unpaired) electrons. The topological polar surface area (TPSA) is 115 Å². The highest BCUT2D eigenvalue weighted by Gasteiger charge is 2.09. The van der Waals surface area contributed by atoms with Gasteiger partial charge in [0, 0.05) is 65.7 Å². The van der Waals surface area contributed by atoms with E-state index in [-0.39, 0.29) is 10.9 Å². The smallest absolute Gasteiger partial charge is 0.189 e. The summed E-state index contributed by atoms with van der Waals surface area (Å²) in [5.41, 5.74) is 5.26. The fourth-order valence-electron chi connectivity index (χ4n) is 4.65. The van der Waals surface area contributed by atoms with Gasteiger partial charge < -0.3 is 28.1 Å². The minimum atomic E-state index is -3.26. The van der Waals surface area contributed by atoms with Gasteiger partial charge in [0.15, 0.2) is 49.6 Å². The Morgan fingerprint density at radius 1 is 0.646 bits per heavy atom. The van der Waals surface area contributed by atoms with Gasteiger partial charge in [-0.3, -0.25) is 9.59 Å². The number of rotatable bonds is 12. The van der Waals surface area contributed by atoms with Crippen molar-refractivity contribution in [2.24, 2.45) is 0 Å². The van der Waals surface area contributed by atoms with E-state index < -0.39 is 15.8 Å². The molecule has 2 heterocycles. The van der Waals surface area contributed by atoms with Crippen molar-refractivity contribution in [3.8, 4) is 23.0 Å². The lowest BCUT2D eigenvalue weighted by Crippen LogP contribution is -2.10. The summed E-state index contributed by atoms with van der Waals surface area (Å²) in [4.78, 5) is 23.0. The number of sulfone groups is 1. The molecule has 0 fully saturated rings. The van der Waals surface area contributed by atoms with E-state index in [1.807, 2.05) is 91.9 Å². The summed E-state index contributed by atoms with van der Waals surface area (Å²) in [6.07, 6.45) is 10.7. The van der Waals surface area contributed by atoms with Gasteiger partial charge in [-0.1, -0.05) is 12.1 Å². The molecule has 0 aliphatic rings. The van der Waals surface area contributed by atoms with E-state index in [0.717, 1.165) is 45.9 Å². The molecule has 4 aromatic rings.